The number of fused-ring (bicyclic) bond motifs is 1. The highest BCUT2D eigenvalue weighted by molar-refractivity contribution is 8.00. The Morgan fingerprint density at radius 1 is 1.24 bits per heavy atom. The number of para-hydroxylation sites is 2. The summed E-state index contributed by atoms with van der Waals surface area (Å²) in [6.07, 6.45) is 1.95. The summed E-state index contributed by atoms with van der Waals surface area (Å²) in [5.74, 6) is -0.152. The number of carbonyl (C=O) groups excluding carboxylic acids is 2. The Hall–Kier alpha value is -3.24. The Morgan fingerprint density at radius 3 is 2.79 bits per heavy atom. The predicted molar refractivity (Wildman–Crippen MR) is 127 cm³/mol. The van der Waals surface area contributed by atoms with Gasteiger partial charge in [-0.1, -0.05) is 23.9 Å². The first kappa shape index (κ1) is 22.5. The van der Waals surface area contributed by atoms with Gasteiger partial charge in [-0.05, 0) is 56.2 Å². The number of hydrogen-bond donors (Lipinski definition) is 1. The van der Waals surface area contributed by atoms with Gasteiger partial charge in [0.2, 0.25) is 11.8 Å². The summed E-state index contributed by atoms with van der Waals surface area (Å²) >= 11 is 1.29. The molecule has 2 aliphatic heterocycles. The number of anilines is 2. The number of ether oxygens (including phenoxy) is 1. The van der Waals surface area contributed by atoms with Crippen LogP contribution in [0.2, 0.25) is 0 Å². The van der Waals surface area contributed by atoms with Gasteiger partial charge in [-0.25, -0.2) is 4.39 Å². The molecule has 1 fully saturated rings. The van der Waals surface area contributed by atoms with E-state index in [0.29, 0.717) is 35.5 Å². The summed E-state index contributed by atoms with van der Waals surface area (Å²) in [6, 6.07) is 13.3. The Morgan fingerprint density at radius 2 is 2.03 bits per heavy atom. The van der Waals surface area contributed by atoms with Gasteiger partial charge < -0.3 is 10.1 Å². The van der Waals surface area contributed by atoms with Crippen molar-refractivity contribution in [3.8, 4) is 11.4 Å². The number of halogens is 1. The average Bonchev–Trinajstić information content (AvgIpc) is 3.49. The van der Waals surface area contributed by atoms with Gasteiger partial charge in [0.05, 0.1) is 29.3 Å². The highest BCUT2D eigenvalue weighted by atomic mass is 32.2. The van der Waals surface area contributed by atoms with Crippen LogP contribution in [0.3, 0.4) is 0 Å². The van der Waals surface area contributed by atoms with Crippen molar-refractivity contribution in [3.63, 3.8) is 0 Å². The maximum Gasteiger partial charge on any atom is 0.244 e. The molecule has 2 amide bonds. The summed E-state index contributed by atoms with van der Waals surface area (Å²) in [5.41, 5.74) is 2.02. The topological polar surface area (TPSA) is 89.3 Å². The lowest BCUT2D eigenvalue weighted by Crippen LogP contribution is -2.45. The zero-order chi connectivity index (χ0) is 23.7. The van der Waals surface area contributed by atoms with Gasteiger partial charge in [-0.3, -0.25) is 19.1 Å². The lowest BCUT2D eigenvalue weighted by Gasteiger charge is -2.30. The number of nitrogens with zero attached hydrogens (tertiary/aromatic N) is 4. The SMILES string of the molecule is C[C@@H](Sc1nnc(-c2ccc(F)cc2)n1C[C@H]1CCCO1)C(=O)N1CC(=O)Nc2ccccc21. The molecule has 34 heavy (non-hydrogen) atoms. The maximum absolute atomic E-state index is 13.5. The molecule has 5 rings (SSSR count). The van der Waals surface area contributed by atoms with Gasteiger partial charge in [0.25, 0.3) is 0 Å². The summed E-state index contributed by atoms with van der Waals surface area (Å²) < 4.78 is 21.2. The van der Waals surface area contributed by atoms with Crippen molar-refractivity contribution in [1.29, 1.82) is 0 Å². The minimum Gasteiger partial charge on any atom is -0.376 e. The van der Waals surface area contributed by atoms with Crippen molar-refractivity contribution in [3.05, 3.63) is 54.3 Å². The maximum atomic E-state index is 13.5. The van der Waals surface area contributed by atoms with Crippen molar-refractivity contribution in [1.82, 2.24) is 14.8 Å². The van der Waals surface area contributed by atoms with E-state index in [0.717, 1.165) is 18.4 Å². The second kappa shape index (κ2) is 9.55. The molecule has 0 spiro atoms. The number of thioether (sulfide) groups is 1. The van der Waals surface area contributed by atoms with Crippen molar-refractivity contribution in [2.24, 2.45) is 0 Å². The van der Waals surface area contributed by atoms with Gasteiger partial charge in [-0.15, -0.1) is 10.2 Å². The average molecular weight is 482 g/mol. The molecule has 0 saturated carbocycles. The molecule has 2 aliphatic rings. The molecule has 1 saturated heterocycles. The molecule has 176 valence electrons. The molecule has 3 heterocycles. The number of hydrogen-bond acceptors (Lipinski definition) is 6. The Balaban J connectivity index is 1.41. The normalized spacial score (nSPS) is 18.5. The van der Waals surface area contributed by atoms with E-state index in [-0.39, 0.29) is 30.3 Å². The fourth-order valence-corrected chi connectivity index (χ4v) is 5.12. The molecule has 2 aromatic carbocycles. The molecule has 0 bridgehead atoms. The third-order valence-electron chi connectivity index (χ3n) is 5.90. The minimum atomic E-state index is -0.521. The van der Waals surface area contributed by atoms with Gasteiger partial charge in [0.1, 0.15) is 12.4 Å². The largest absolute Gasteiger partial charge is 0.376 e. The second-order valence-electron chi connectivity index (χ2n) is 8.31. The van der Waals surface area contributed by atoms with Crippen molar-refractivity contribution >= 4 is 35.0 Å². The molecule has 8 nitrogen and oxygen atoms in total. The first-order valence-corrected chi connectivity index (χ1v) is 12.0. The third-order valence-corrected chi connectivity index (χ3v) is 6.96. The van der Waals surface area contributed by atoms with E-state index in [9.17, 15) is 14.0 Å². The number of nitrogens with one attached hydrogen (secondary N) is 1. The zero-order valence-corrected chi connectivity index (χ0v) is 19.4. The van der Waals surface area contributed by atoms with Crippen LogP contribution in [0.4, 0.5) is 15.8 Å². The lowest BCUT2D eigenvalue weighted by atomic mass is 10.2. The zero-order valence-electron chi connectivity index (χ0n) is 18.6. The van der Waals surface area contributed by atoms with Crippen molar-refractivity contribution < 1.29 is 18.7 Å². The summed E-state index contributed by atoms with van der Waals surface area (Å²) in [6.45, 7) is 3.01. The van der Waals surface area contributed by atoms with E-state index in [2.05, 4.69) is 15.5 Å². The number of rotatable bonds is 6. The predicted octanol–water partition coefficient (Wildman–Crippen LogP) is 3.73. The van der Waals surface area contributed by atoms with Crippen LogP contribution in [-0.4, -0.2) is 51.1 Å². The Bertz CT molecular complexity index is 1210. The lowest BCUT2D eigenvalue weighted by molar-refractivity contribution is -0.121. The number of benzene rings is 2. The van der Waals surface area contributed by atoms with Crippen LogP contribution in [-0.2, 0) is 20.9 Å². The van der Waals surface area contributed by atoms with Crippen LogP contribution >= 0.6 is 11.8 Å². The van der Waals surface area contributed by atoms with Gasteiger partial charge in [0, 0.05) is 12.2 Å². The fraction of sp³-hybridized carbons (Fsp3) is 0.333. The van der Waals surface area contributed by atoms with E-state index in [4.69, 9.17) is 4.74 Å². The first-order chi connectivity index (χ1) is 16.5. The first-order valence-electron chi connectivity index (χ1n) is 11.2. The molecule has 2 atom stereocenters. The van der Waals surface area contributed by atoms with Gasteiger partial charge in [-0.2, -0.15) is 0 Å². The van der Waals surface area contributed by atoms with E-state index in [1.54, 1.807) is 25.1 Å². The van der Waals surface area contributed by atoms with Crippen LogP contribution in [0.15, 0.2) is 53.7 Å². The Labute approximate surface area is 200 Å². The van der Waals surface area contributed by atoms with Crippen LogP contribution in [0.5, 0.6) is 0 Å². The van der Waals surface area contributed by atoms with Crippen LogP contribution in [0, 0.1) is 5.82 Å². The molecule has 1 aromatic heterocycles. The van der Waals surface area contributed by atoms with Crippen molar-refractivity contribution in [2.45, 2.75) is 42.8 Å². The van der Waals surface area contributed by atoms with E-state index < -0.39 is 5.25 Å². The van der Waals surface area contributed by atoms with Gasteiger partial charge >= 0.3 is 0 Å². The highest BCUT2D eigenvalue weighted by Gasteiger charge is 2.31. The summed E-state index contributed by atoms with van der Waals surface area (Å²) in [7, 11) is 0. The number of aromatic nitrogens is 3. The third kappa shape index (κ3) is 4.55. The van der Waals surface area contributed by atoms with Crippen LogP contribution in [0.25, 0.3) is 11.4 Å². The monoisotopic (exact) mass is 481 g/mol. The van der Waals surface area contributed by atoms with E-state index in [1.165, 1.54) is 28.8 Å². The number of carbonyl (C=O) groups is 2. The van der Waals surface area contributed by atoms with Crippen LogP contribution in [0.1, 0.15) is 19.8 Å². The molecule has 3 aromatic rings. The standard InChI is InChI=1S/C24H24FN5O3S/c1-15(23(32)29-14-21(31)26-19-6-2-3-7-20(19)29)34-24-28-27-22(16-8-10-17(25)11-9-16)30(24)13-18-5-4-12-33-18/h2-3,6-11,15,18H,4-5,12-14H2,1H3,(H,26,31)/t15-,18-/m1/s1. The summed E-state index contributed by atoms with van der Waals surface area (Å²) in [4.78, 5) is 27.1. The molecular weight excluding hydrogens is 457 g/mol. The van der Waals surface area contributed by atoms with E-state index >= 15 is 0 Å². The molecule has 1 N–H and O–H groups in total. The highest BCUT2D eigenvalue weighted by Crippen LogP contribution is 2.33. The second-order valence-corrected chi connectivity index (χ2v) is 9.62. The Kier molecular flexibility index (Phi) is 6.34. The number of amides is 2. The molecule has 10 heteroatoms. The molecule has 0 radical (unpaired) electrons. The summed E-state index contributed by atoms with van der Waals surface area (Å²) in [5, 5.41) is 11.6. The quantitative estimate of drug-likeness (QED) is 0.540. The molecule has 0 unspecified atom stereocenters. The fourth-order valence-electron chi connectivity index (χ4n) is 4.20. The minimum absolute atomic E-state index is 0.0261. The van der Waals surface area contributed by atoms with Crippen molar-refractivity contribution in [2.75, 3.05) is 23.4 Å². The van der Waals surface area contributed by atoms with Gasteiger partial charge in [0.15, 0.2) is 11.0 Å². The van der Waals surface area contributed by atoms with Crippen LogP contribution < -0.4 is 10.2 Å². The molecular formula is C24H24FN5O3S. The molecule has 0 aliphatic carbocycles. The van der Waals surface area contributed by atoms with E-state index in [1.807, 2.05) is 22.8 Å². The smallest absolute Gasteiger partial charge is 0.244 e.